The molecule has 4 N–H and O–H groups in total. The molecule has 1 heterocycles. The first-order chi connectivity index (χ1) is 9.87. The number of rotatable bonds is 0. The standard InChI is InChI=1S/C7H4F12N4/c8-4(9,10)2(5(11,12)13)1(22-20)21-3(23-2,6(14,15)16)7(17,18)19/h23H,20H2,(H,21,22). The molecule has 4 nitrogen and oxygen atoms in total. The minimum Gasteiger partial charge on any atom is -0.310 e. The van der Waals surface area contributed by atoms with E-state index in [2.05, 4.69) is 5.84 Å². The van der Waals surface area contributed by atoms with E-state index in [0.29, 0.717) is 5.43 Å². The van der Waals surface area contributed by atoms with E-state index in [9.17, 15) is 52.7 Å². The normalized spacial score (nSPS) is 22.0. The molecular formula is C7H4F12N4. The van der Waals surface area contributed by atoms with Crippen LogP contribution in [0.2, 0.25) is 0 Å². The molecule has 0 aromatic heterocycles. The van der Waals surface area contributed by atoms with E-state index in [1.807, 2.05) is 0 Å². The van der Waals surface area contributed by atoms with Crippen LogP contribution in [0.25, 0.3) is 0 Å². The number of halogens is 12. The van der Waals surface area contributed by atoms with Crippen molar-refractivity contribution in [3.8, 4) is 0 Å². The van der Waals surface area contributed by atoms with E-state index in [-0.39, 0.29) is 0 Å². The molecule has 0 aliphatic carbocycles. The topological polar surface area (TPSA) is 62.4 Å². The molecule has 0 amide bonds. The van der Waals surface area contributed by atoms with Crippen LogP contribution in [-0.4, -0.2) is 41.7 Å². The smallest absolute Gasteiger partial charge is 0.310 e. The first-order valence-electron chi connectivity index (χ1n) is 5.00. The predicted octanol–water partition coefficient (Wildman–Crippen LogP) is 2.14. The zero-order valence-electron chi connectivity index (χ0n) is 10.1. The highest BCUT2D eigenvalue weighted by atomic mass is 19.4. The highest BCUT2D eigenvalue weighted by Crippen LogP contribution is 2.54. The molecule has 0 aromatic carbocycles. The summed E-state index contributed by atoms with van der Waals surface area (Å²) in [4.78, 5) is 1.55. The van der Waals surface area contributed by atoms with Crippen LogP contribution in [0, 0.1) is 0 Å². The summed E-state index contributed by atoms with van der Waals surface area (Å²) in [5.41, 5.74) is -11.1. The molecule has 1 aliphatic heterocycles. The number of aliphatic imine (C=N–C) groups is 1. The Kier molecular flexibility index (Phi) is 4.07. The van der Waals surface area contributed by atoms with Crippen molar-refractivity contribution < 1.29 is 52.7 Å². The van der Waals surface area contributed by atoms with Gasteiger partial charge >= 0.3 is 30.4 Å². The largest absolute Gasteiger partial charge is 0.436 e. The quantitative estimate of drug-likeness (QED) is 0.347. The Labute approximate surface area is 117 Å². The van der Waals surface area contributed by atoms with E-state index in [1.165, 1.54) is 0 Å². The van der Waals surface area contributed by atoms with Gasteiger partial charge in [-0.3, -0.25) is 0 Å². The molecule has 23 heavy (non-hydrogen) atoms. The summed E-state index contributed by atoms with van der Waals surface area (Å²) in [6, 6.07) is 0. The monoisotopic (exact) mass is 372 g/mol. The van der Waals surface area contributed by atoms with Crippen LogP contribution in [0.4, 0.5) is 52.7 Å². The molecule has 0 aromatic rings. The summed E-state index contributed by atoms with van der Waals surface area (Å²) >= 11 is 0. The zero-order valence-corrected chi connectivity index (χ0v) is 10.1. The van der Waals surface area contributed by atoms with Gasteiger partial charge in [0.2, 0.25) is 0 Å². The number of nitrogens with zero attached hydrogens (tertiary/aromatic N) is 1. The predicted molar refractivity (Wildman–Crippen MR) is 47.6 cm³/mol. The zero-order chi connectivity index (χ0) is 18.7. The second-order valence-electron chi connectivity index (χ2n) is 4.18. The van der Waals surface area contributed by atoms with Gasteiger partial charge in [0.1, 0.15) is 0 Å². The molecule has 0 bridgehead atoms. The molecule has 0 fully saturated rings. The van der Waals surface area contributed by atoms with Gasteiger partial charge in [0, 0.05) is 0 Å². The lowest BCUT2D eigenvalue weighted by Crippen LogP contribution is -2.77. The Morgan fingerprint density at radius 1 is 0.739 bits per heavy atom. The Balaban J connectivity index is 3.81. The van der Waals surface area contributed by atoms with Crippen LogP contribution >= 0.6 is 0 Å². The first kappa shape index (κ1) is 19.6. The third-order valence-electron chi connectivity index (χ3n) is 2.81. The third kappa shape index (κ3) is 2.47. The Morgan fingerprint density at radius 2 is 1.09 bits per heavy atom. The van der Waals surface area contributed by atoms with Crippen LogP contribution in [-0.2, 0) is 0 Å². The van der Waals surface area contributed by atoms with Gasteiger partial charge in [-0.15, -0.1) is 0 Å². The molecule has 16 heteroatoms. The van der Waals surface area contributed by atoms with Gasteiger partial charge in [0.15, 0.2) is 5.84 Å². The van der Waals surface area contributed by atoms with E-state index < -0.39 is 47.1 Å². The van der Waals surface area contributed by atoms with Crippen molar-refractivity contribution in [2.75, 3.05) is 0 Å². The maximum absolute atomic E-state index is 12.8. The SMILES string of the molecule is NNC1=NC(C(F)(F)F)(C(F)(F)F)NC1(C(F)(F)F)C(F)(F)F. The molecule has 0 atom stereocenters. The van der Waals surface area contributed by atoms with Crippen LogP contribution in [0.15, 0.2) is 4.99 Å². The van der Waals surface area contributed by atoms with Crippen molar-refractivity contribution >= 4 is 5.84 Å². The maximum atomic E-state index is 12.8. The molecule has 0 unspecified atom stereocenters. The van der Waals surface area contributed by atoms with Crippen LogP contribution < -0.4 is 16.6 Å². The fourth-order valence-corrected chi connectivity index (χ4v) is 1.75. The van der Waals surface area contributed by atoms with Gasteiger partial charge < -0.3 is 5.43 Å². The lowest BCUT2D eigenvalue weighted by molar-refractivity contribution is -0.333. The number of hydrazine groups is 1. The van der Waals surface area contributed by atoms with Crippen molar-refractivity contribution in [1.82, 2.24) is 10.7 Å². The van der Waals surface area contributed by atoms with E-state index in [0.717, 1.165) is 0 Å². The molecular weight excluding hydrogens is 368 g/mol. The van der Waals surface area contributed by atoms with Crippen molar-refractivity contribution in [3.05, 3.63) is 0 Å². The first-order valence-corrected chi connectivity index (χ1v) is 5.00. The minimum absolute atomic E-state index is 0.467. The van der Waals surface area contributed by atoms with E-state index in [1.54, 1.807) is 4.99 Å². The summed E-state index contributed by atoms with van der Waals surface area (Å²) in [7, 11) is 0. The Hall–Kier alpha value is -1.45. The summed E-state index contributed by atoms with van der Waals surface area (Å²) in [5.74, 6) is 1.43. The summed E-state index contributed by atoms with van der Waals surface area (Å²) < 4.78 is 153. The van der Waals surface area contributed by atoms with Gasteiger partial charge in [-0.25, -0.2) is 16.2 Å². The van der Waals surface area contributed by atoms with Crippen molar-refractivity contribution in [2.24, 2.45) is 10.8 Å². The van der Waals surface area contributed by atoms with Gasteiger partial charge in [0.25, 0.3) is 5.54 Å². The van der Waals surface area contributed by atoms with Crippen molar-refractivity contribution in [2.45, 2.75) is 35.9 Å². The second kappa shape index (κ2) is 4.78. The minimum atomic E-state index is -6.69. The summed E-state index contributed by atoms with van der Waals surface area (Å²) in [6.45, 7) is 0. The van der Waals surface area contributed by atoms with E-state index in [4.69, 9.17) is 0 Å². The maximum Gasteiger partial charge on any atom is 0.436 e. The van der Waals surface area contributed by atoms with Gasteiger partial charge in [-0.2, -0.15) is 52.7 Å². The highest BCUT2D eigenvalue weighted by molar-refractivity contribution is 5.95. The van der Waals surface area contributed by atoms with E-state index >= 15 is 0 Å². The number of amidine groups is 1. The summed E-state index contributed by atoms with van der Waals surface area (Å²) in [5, 5.41) is -0.467. The number of nitrogens with two attached hydrogens (primary N) is 1. The number of hydrogen-bond acceptors (Lipinski definition) is 4. The molecule has 0 spiro atoms. The highest BCUT2D eigenvalue weighted by Gasteiger charge is 2.86. The molecule has 136 valence electrons. The van der Waals surface area contributed by atoms with Gasteiger partial charge in [-0.1, -0.05) is 0 Å². The third-order valence-corrected chi connectivity index (χ3v) is 2.81. The molecule has 1 aliphatic rings. The van der Waals surface area contributed by atoms with Gasteiger partial charge in [0.05, 0.1) is 0 Å². The Bertz CT molecular complexity index is 465. The lowest BCUT2D eigenvalue weighted by atomic mass is 9.96. The van der Waals surface area contributed by atoms with Crippen LogP contribution in [0.1, 0.15) is 0 Å². The second-order valence-corrected chi connectivity index (χ2v) is 4.18. The van der Waals surface area contributed by atoms with Crippen LogP contribution in [0.3, 0.4) is 0 Å². The summed E-state index contributed by atoms with van der Waals surface area (Å²) in [6.07, 6.45) is -26.7. The number of alkyl halides is 12. The molecule has 0 saturated carbocycles. The average molecular weight is 372 g/mol. The molecule has 0 radical (unpaired) electrons. The number of nitrogens with one attached hydrogen (secondary N) is 2. The number of hydrogen-bond donors (Lipinski definition) is 3. The van der Waals surface area contributed by atoms with Crippen molar-refractivity contribution in [1.29, 1.82) is 0 Å². The fourth-order valence-electron chi connectivity index (χ4n) is 1.75. The van der Waals surface area contributed by atoms with Gasteiger partial charge in [-0.05, 0) is 0 Å². The molecule has 0 saturated heterocycles. The molecule has 1 rings (SSSR count). The van der Waals surface area contributed by atoms with Crippen molar-refractivity contribution in [3.63, 3.8) is 0 Å². The van der Waals surface area contributed by atoms with Crippen LogP contribution in [0.5, 0.6) is 0 Å². The Morgan fingerprint density at radius 3 is 1.26 bits per heavy atom. The lowest BCUT2D eigenvalue weighted by Gasteiger charge is -2.38. The fraction of sp³-hybridized carbons (Fsp3) is 0.857. The average Bonchev–Trinajstić information content (AvgIpc) is 2.63.